The number of rotatable bonds is 7. The van der Waals surface area contributed by atoms with E-state index in [1.165, 1.54) is 0 Å². The largest absolute Gasteiger partial charge is 0.478 e. The Kier molecular flexibility index (Phi) is 26.0. The average molecular weight is 410 g/mol. The van der Waals surface area contributed by atoms with E-state index in [1.807, 2.05) is 0 Å². The summed E-state index contributed by atoms with van der Waals surface area (Å²) >= 11 is 0. The minimum Gasteiger partial charge on any atom is -0.478 e. The number of aliphatic hydroxyl groups is 2. The molecule has 0 rings (SSSR count). The minimum absolute atomic E-state index is 0.125. The third-order valence-electron chi connectivity index (χ3n) is 1.21. The fraction of sp³-hybridized carbons (Fsp3) is 0.143. The van der Waals surface area contributed by atoms with E-state index in [-0.39, 0.29) is 13.2 Å². The smallest absolute Gasteiger partial charge is 0.328 e. The predicted molar refractivity (Wildman–Crippen MR) is 87.4 cm³/mol. The van der Waals surface area contributed by atoms with Gasteiger partial charge < -0.3 is 40.9 Å². The Hall–Kier alpha value is -4.04. The Bertz CT molecular complexity index is 468. The number of aliphatic hydroxyl groups excluding tert-OH is 2. The van der Waals surface area contributed by atoms with Crippen LogP contribution in [0.5, 0.6) is 0 Å². The molecule has 0 amide bonds. The summed E-state index contributed by atoms with van der Waals surface area (Å²) < 4.78 is 0. The molecule has 0 bridgehead atoms. The van der Waals surface area contributed by atoms with Crippen molar-refractivity contribution in [3.05, 3.63) is 36.5 Å². The standard InChI is InChI=1S/3C4H4O4.C2H6O2/c3*5-3(6)1-2-4(7)8;3-1-2-4/h3*1-2H,(H,5,6)(H,7,8);3-4H,1-2H2. The topological polar surface area (TPSA) is 264 Å². The van der Waals surface area contributed by atoms with Crippen molar-refractivity contribution in [1.29, 1.82) is 0 Å². The van der Waals surface area contributed by atoms with Crippen LogP contribution in [0.2, 0.25) is 0 Å². The van der Waals surface area contributed by atoms with Gasteiger partial charge in [-0.15, -0.1) is 0 Å². The van der Waals surface area contributed by atoms with Gasteiger partial charge in [-0.3, -0.25) is 0 Å². The van der Waals surface area contributed by atoms with Crippen molar-refractivity contribution in [2.24, 2.45) is 0 Å². The van der Waals surface area contributed by atoms with Gasteiger partial charge in [-0.1, -0.05) is 0 Å². The van der Waals surface area contributed by atoms with Crippen LogP contribution < -0.4 is 0 Å². The van der Waals surface area contributed by atoms with Crippen LogP contribution in [0.15, 0.2) is 36.5 Å². The number of carboxylic acid groups (broad SMARTS) is 6. The Labute approximate surface area is 156 Å². The highest BCUT2D eigenvalue weighted by molar-refractivity contribution is 5.90. The summed E-state index contributed by atoms with van der Waals surface area (Å²) in [6.07, 6.45) is 3.35. The Morgan fingerprint density at radius 2 is 0.500 bits per heavy atom. The molecule has 0 saturated heterocycles. The quantitative estimate of drug-likeness (QED) is 0.213. The Balaban J connectivity index is -0.000000141. The monoisotopic (exact) mass is 410 g/mol. The van der Waals surface area contributed by atoms with E-state index in [1.54, 1.807) is 0 Å². The van der Waals surface area contributed by atoms with Crippen LogP contribution in [0.3, 0.4) is 0 Å². The van der Waals surface area contributed by atoms with Crippen LogP contribution in [0.1, 0.15) is 0 Å². The molecule has 8 N–H and O–H groups in total. The van der Waals surface area contributed by atoms with Crippen molar-refractivity contribution in [1.82, 2.24) is 0 Å². The number of aliphatic carboxylic acids is 6. The second-order valence-electron chi connectivity index (χ2n) is 3.48. The van der Waals surface area contributed by atoms with Crippen molar-refractivity contribution >= 4 is 35.8 Å². The first-order valence-electron chi connectivity index (χ1n) is 6.43. The second-order valence-corrected chi connectivity index (χ2v) is 3.48. The van der Waals surface area contributed by atoms with Crippen molar-refractivity contribution in [3.8, 4) is 0 Å². The Morgan fingerprint density at radius 3 is 0.536 bits per heavy atom. The van der Waals surface area contributed by atoms with Gasteiger partial charge in [0.1, 0.15) is 0 Å². The van der Waals surface area contributed by atoms with Crippen LogP contribution in [0, 0.1) is 0 Å². The maximum absolute atomic E-state index is 9.55. The molecule has 0 aliphatic heterocycles. The van der Waals surface area contributed by atoms with Gasteiger partial charge in [-0.05, 0) is 0 Å². The molecule has 0 unspecified atom stereocenters. The van der Waals surface area contributed by atoms with Gasteiger partial charge in [0.15, 0.2) is 0 Å². The molecule has 14 heteroatoms. The van der Waals surface area contributed by atoms with E-state index in [2.05, 4.69) is 0 Å². The van der Waals surface area contributed by atoms with E-state index in [0.29, 0.717) is 36.5 Å². The molecule has 0 radical (unpaired) electrons. The molecule has 0 aromatic rings. The van der Waals surface area contributed by atoms with E-state index in [0.717, 1.165) is 0 Å². The van der Waals surface area contributed by atoms with Crippen molar-refractivity contribution in [3.63, 3.8) is 0 Å². The summed E-state index contributed by atoms with van der Waals surface area (Å²) in [4.78, 5) is 57.3. The first-order valence-corrected chi connectivity index (χ1v) is 6.43. The molecular formula is C14H18O14. The molecule has 0 saturated carbocycles. The maximum atomic E-state index is 9.55. The van der Waals surface area contributed by atoms with E-state index in [4.69, 9.17) is 40.9 Å². The van der Waals surface area contributed by atoms with Gasteiger partial charge in [0, 0.05) is 36.5 Å². The molecule has 158 valence electrons. The maximum Gasteiger partial charge on any atom is 0.328 e. The highest BCUT2D eigenvalue weighted by atomic mass is 16.4. The molecule has 0 heterocycles. The van der Waals surface area contributed by atoms with Gasteiger partial charge in [0.05, 0.1) is 13.2 Å². The van der Waals surface area contributed by atoms with Crippen LogP contribution >= 0.6 is 0 Å². The van der Waals surface area contributed by atoms with E-state index in [9.17, 15) is 28.8 Å². The van der Waals surface area contributed by atoms with E-state index < -0.39 is 35.8 Å². The molecule has 0 aliphatic carbocycles. The first-order chi connectivity index (χ1) is 12.8. The van der Waals surface area contributed by atoms with Crippen LogP contribution in [0.4, 0.5) is 0 Å². The fourth-order valence-corrected chi connectivity index (χ4v) is 0.428. The molecule has 0 aliphatic rings. The molecule has 0 atom stereocenters. The van der Waals surface area contributed by atoms with Gasteiger partial charge in [0.2, 0.25) is 0 Å². The minimum atomic E-state index is -1.26. The molecule has 0 spiro atoms. The van der Waals surface area contributed by atoms with Gasteiger partial charge >= 0.3 is 35.8 Å². The van der Waals surface area contributed by atoms with Gasteiger partial charge in [0.25, 0.3) is 0 Å². The zero-order chi connectivity index (χ0) is 23.1. The number of hydrogen-bond acceptors (Lipinski definition) is 8. The first kappa shape index (κ1) is 31.7. The summed E-state index contributed by atoms with van der Waals surface area (Å²) in [6, 6.07) is 0. The molecule has 28 heavy (non-hydrogen) atoms. The third-order valence-corrected chi connectivity index (χ3v) is 1.21. The van der Waals surface area contributed by atoms with Crippen LogP contribution in [-0.2, 0) is 28.8 Å². The summed E-state index contributed by atoms with van der Waals surface area (Å²) in [5, 5.41) is 62.1. The highest BCUT2D eigenvalue weighted by Gasteiger charge is 1.89. The number of carboxylic acids is 6. The number of hydrogen-bond donors (Lipinski definition) is 8. The van der Waals surface area contributed by atoms with Crippen molar-refractivity contribution in [2.75, 3.05) is 13.2 Å². The van der Waals surface area contributed by atoms with E-state index >= 15 is 0 Å². The molecule has 0 fully saturated rings. The lowest BCUT2D eigenvalue weighted by molar-refractivity contribution is -0.134. The zero-order valence-corrected chi connectivity index (χ0v) is 13.9. The second kappa shape index (κ2) is 23.0. The molecular weight excluding hydrogens is 392 g/mol. The number of carbonyl (C=O) groups is 6. The predicted octanol–water partition coefficient (Wildman–Crippen LogP) is -1.89. The van der Waals surface area contributed by atoms with Gasteiger partial charge in [-0.25, -0.2) is 28.8 Å². The zero-order valence-electron chi connectivity index (χ0n) is 13.9. The van der Waals surface area contributed by atoms with Crippen molar-refractivity contribution < 1.29 is 69.6 Å². The van der Waals surface area contributed by atoms with Crippen LogP contribution in [-0.4, -0.2) is 89.9 Å². The van der Waals surface area contributed by atoms with Crippen molar-refractivity contribution in [2.45, 2.75) is 0 Å². The highest BCUT2D eigenvalue weighted by Crippen LogP contribution is 1.71. The molecule has 0 aromatic heterocycles. The summed E-state index contributed by atoms with van der Waals surface area (Å²) in [5.41, 5.74) is 0. The summed E-state index contributed by atoms with van der Waals surface area (Å²) in [6.45, 7) is -0.250. The fourth-order valence-electron chi connectivity index (χ4n) is 0.428. The molecule has 0 aromatic carbocycles. The summed E-state index contributed by atoms with van der Waals surface area (Å²) in [5.74, 6) is -7.54. The lowest BCUT2D eigenvalue weighted by Crippen LogP contribution is -1.91. The molecule has 14 nitrogen and oxygen atoms in total. The SMILES string of the molecule is O=C(O)C=CC(=O)O.O=C(O)C=CC(=O)O.O=C(O)C=CC(=O)O.OCCO. The normalized spacial score (nSPS) is 9.21. The Morgan fingerprint density at radius 1 is 0.393 bits per heavy atom. The van der Waals surface area contributed by atoms with Crippen LogP contribution in [0.25, 0.3) is 0 Å². The lowest BCUT2D eigenvalue weighted by Gasteiger charge is -1.74. The van der Waals surface area contributed by atoms with Gasteiger partial charge in [-0.2, -0.15) is 0 Å². The third kappa shape index (κ3) is 67.4. The summed E-state index contributed by atoms with van der Waals surface area (Å²) in [7, 11) is 0. The average Bonchev–Trinajstić information content (AvgIpc) is 2.57. The lowest BCUT2D eigenvalue weighted by atomic mass is 10.5.